The van der Waals surface area contributed by atoms with E-state index in [0.29, 0.717) is 5.57 Å². The van der Waals surface area contributed by atoms with Gasteiger partial charge >= 0.3 is 0 Å². The highest BCUT2D eigenvalue weighted by Gasteiger charge is 2.24. The molecule has 3 atom stereocenters. The largest absolute Gasteiger partial charge is 0.390 e. The fourth-order valence-corrected chi connectivity index (χ4v) is 1.51. The second-order valence-electron chi connectivity index (χ2n) is 5.37. The lowest BCUT2D eigenvalue weighted by atomic mass is 10.1. The summed E-state index contributed by atoms with van der Waals surface area (Å²) < 4.78 is 10.2. The van der Waals surface area contributed by atoms with Crippen molar-refractivity contribution in [3.8, 4) is 0 Å². The van der Waals surface area contributed by atoms with Crippen LogP contribution in [0.3, 0.4) is 0 Å². The van der Waals surface area contributed by atoms with Crippen LogP contribution in [0.15, 0.2) is 24.3 Å². The Kier molecular flexibility index (Phi) is 10.5. The van der Waals surface area contributed by atoms with Crippen molar-refractivity contribution in [2.24, 2.45) is 0 Å². The van der Waals surface area contributed by atoms with Gasteiger partial charge in [-0.3, -0.25) is 9.59 Å². The molecule has 7 nitrogen and oxygen atoms in total. The summed E-state index contributed by atoms with van der Waals surface area (Å²) in [5.41, 5.74) is 0.530. The van der Waals surface area contributed by atoms with E-state index in [9.17, 15) is 24.9 Å². The maximum absolute atomic E-state index is 11.4. The highest BCUT2D eigenvalue weighted by molar-refractivity contribution is 5.97. The molecule has 0 aliphatic rings. The molecular weight excluding hydrogens is 304 g/mol. The van der Waals surface area contributed by atoms with Gasteiger partial charge in [-0.1, -0.05) is 13.2 Å². The van der Waals surface area contributed by atoms with Crippen molar-refractivity contribution in [1.82, 2.24) is 0 Å². The molecule has 3 N–H and O–H groups in total. The molecule has 0 aromatic carbocycles. The van der Waals surface area contributed by atoms with Crippen LogP contribution in [0.5, 0.6) is 0 Å². The quantitative estimate of drug-likeness (QED) is 0.316. The molecule has 0 aliphatic heterocycles. The average molecular weight is 330 g/mol. The van der Waals surface area contributed by atoms with E-state index in [1.54, 1.807) is 6.92 Å². The minimum absolute atomic E-state index is 0.0261. The number of ketones is 2. The van der Waals surface area contributed by atoms with Gasteiger partial charge in [-0.25, -0.2) is 0 Å². The lowest BCUT2D eigenvalue weighted by molar-refractivity contribution is -0.132. The molecule has 0 aromatic rings. The predicted octanol–water partition coefficient (Wildman–Crippen LogP) is -0.217. The molecule has 0 heterocycles. The molecule has 0 amide bonds. The molecule has 132 valence electrons. The maximum atomic E-state index is 11.4. The van der Waals surface area contributed by atoms with Crippen LogP contribution in [0, 0.1) is 0 Å². The van der Waals surface area contributed by atoms with E-state index < -0.39 is 24.1 Å². The highest BCUT2D eigenvalue weighted by Crippen LogP contribution is 2.03. The number of carbonyl (C=O) groups is 2. The summed E-state index contributed by atoms with van der Waals surface area (Å²) in [6.07, 6.45) is -3.88. The average Bonchev–Trinajstić information content (AvgIpc) is 2.48. The Morgan fingerprint density at radius 2 is 1.48 bits per heavy atom. The van der Waals surface area contributed by atoms with Gasteiger partial charge in [0.05, 0.1) is 32.5 Å². The predicted molar refractivity (Wildman–Crippen MR) is 83.9 cm³/mol. The number of rotatable bonds is 13. The molecule has 3 unspecified atom stereocenters. The second kappa shape index (κ2) is 11.2. The van der Waals surface area contributed by atoms with Gasteiger partial charge in [0.2, 0.25) is 0 Å². The third-order valence-electron chi connectivity index (χ3n) is 2.92. The zero-order valence-electron chi connectivity index (χ0n) is 13.7. The summed E-state index contributed by atoms with van der Waals surface area (Å²) in [6.45, 7) is 9.87. The van der Waals surface area contributed by atoms with Crippen LogP contribution in [-0.2, 0) is 19.1 Å². The summed E-state index contributed by atoms with van der Waals surface area (Å²) in [7, 11) is 0. The first-order chi connectivity index (χ1) is 10.7. The molecule has 0 saturated heterocycles. The zero-order valence-corrected chi connectivity index (χ0v) is 13.7. The number of aliphatic hydroxyl groups is 3. The third-order valence-corrected chi connectivity index (χ3v) is 2.92. The third kappa shape index (κ3) is 9.37. The first-order valence-electron chi connectivity index (χ1n) is 7.24. The first-order valence-corrected chi connectivity index (χ1v) is 7.24. The second-order valence-corrected chi connectivity index (χ2v) is 5.37. The van der Waals surface area contributed by atoms with Crippen molar-refractivity contribution in [3.63, 3.8) is 0 Å². The van der Waals surface area contributed by atoms with Crippen molar-refractivity contribution in [1.29, 1.82) is 0 Å². The summed E-state index contributed by atoms with van der Waals surface area (Å²) >= 11 is 0. The van der Waals surface area contributed by atoms with Gasteiger partial charge in [-0.05, 0) is 25.0 Å². The summed E-state index contributed by atoms with van der Waals surface area (Å²) in [4.78, 5) is 22.7. The van der Waals surface area contributed by atoms with Gasteiger partial charge in [-0.15, -0.1) is 0 Å². The van der Waals surface area contributed by atoms with Gasteiger partial charge in [0.1, 0.15) is 12.2 Å². The van der Waals surface area contributed by atoms with Gasteiger partial charge in [0.25, 0.3) is 0 Å². The molecule has 0 spiro atoms. The Hall–Kier alpha value is -1.38. The molecule has 0 aliphatic carbocycles. The van der Waals surface area contributed by atoms with Crippen LogP contribution in [-0.4, -0.2) is 71.6 Å². The lowest BCUT2D eigenvalue weighted by Crippen LogP contribution is -2.37. The van der Waals surface area contributed by atoms with Crippen LogP contribution < -0.4 is 0 Å². The number of carbonyl (C=O) groups excluding carboxylic acids is 2. The first kappa shape index (κ1) is 21.6. The van der Waals surface area contributed by atoms with Crippen molar-refractivity contribution < 1.29 is 34.4 Å². The number of ether oxygens (including phenoxy) is 2. The van der Waals surface area contributed by atoms with Crippen molar-refractivity contribution in [3.05, 3.63) is 24.3 Å². The molecule has 0 saturated carbocycles. The van der Waals surface area contributed by atoms with Crippen LogP contribution in [0.4, 0.5) is 0 Å². The Morgan fingerprint density at radius 3 is 1.96 bits per heavy atom. The molecule has 0 aromatic heterocycles. The topological polar surface area (TPSA) is 113 Å². The highest BCUT2D eigenvalue weighted by atomic mass is 16.5. The van der Waals surface area contributed by atoms with E-state index in [1.807, 2.05) is 0 Å². The van der Waals surface area contributed by atoms with Crippen LogP contribution in [0.1, 0.15) is 20.3 Å². The Morgan fingerprint density at radius 1 is 0.957 bits per heavy atom. The summed E-state index contributed by atoms with van der Waals surface area (Å²) in [6, 6.07) is 0. The molecule has 0 fully saturated rings. The summed E-state index contributed by atoms with van der Waals surface area (Å²) in [5.74, 6) is -0.862. The lowest BCUT2D eigenvalue weighted by Gasteiger charge is -2.17. The fraction of sp³-hybridized carbons (Fsp3) is 0.625. The van der Waals surface area contributed by atoms with Crippen molar-refractivity contribution in [2.45, 2.75) is 38.6 Å². The van der Waals surface area contributed by atoms with Crippen LogP contribution in [0.25, 0.3) is 0 Å². The number of hydrogen-bond acceptors (Lipinski definition) is 7. The normalized spacial score (nSPS) is 14.8. The van der Waals surface area contributed by atoms with Gasteiger partial charge in [0, 0.05) is 6.42 Å². The molecule has 7 heteroatoms. The Bertz CT molecular complexity index is 430. The molecular formula is C16H26O7. The Labute approximate surface area is 136 Å². The van der Waals surface area contributed by atoms with Crippen molar-refractivity contribution >= 4 is 11.6 Å². The van der Waals surface area contributed by atoms with Gasteiger partial charge in [0.15, 0.2) is 11.6 Å². The molecule has 23 heavy (non-hydrogen) atoms. The van der Waals surface area contributed by atoms with E-state index in [0.717, 1.165) is 0 Å². The van der Waals surface area contributed by atoms with Gasteiger partial charge in [-0.2, -0.15) is 0 Å². The number of allylic oxidation sites excluding steroid dienone is 1. The standard InChI is InChI=1S/C16H26O7/c1-10(2)13(18)7-12(17)8-22-5-6-23-9-14(19)16(21)15(20)11(3)4/h12,14,16-17,19,21H,1,3,5-9H2,2,4H3. The van der Waals surface area contributed by atoms with E-state index in [2.05, 4.69) is 13.2 Å². The summed E-state index contributed by atoms with van der Waals surface area (Å²) in [5, 5.41) is 28.6. The fourth-order valence-electron chi connectivity index (χ4n) is 1.51. The van der Waals surface area contributed by atoms with E-state index >= 15 is 0 Å². The molecule has 0 bridgehead atoms. The SMILES string of the molecule is C=C(C)C(=O)CC(O)COCCOCC(O)C(O)C(=O)C(=C)C. The van der Waals surface area contributed by atoms with Gasteiger partial charge < -0.3 is 24.8 Å². The minimum Gasteiger partial charge on any atom is -0.390 e. The monoisotopic (exact) mass is 330 g/mol. The van der Waals surface area contributed by atoms with E-state index in [4.69, 9.17) is 9.47 Å². The van der Waals surface area contributed by atoms with E-state index in [-0.39, 0.29) is 44.2 Å². The Balaban J connectivity index is 3.77. The maximum Gasteiger partial charge on any atom is 0.189 e. The minimum atomic E-state index is -1.57. The molecule has 0 rings (SSSR count). The number of aliphatic hydroxyl groups excluding tert-OH is 3. The number of Topliss-reactive ketones (excluding diaryl/α,β-unsaturated/α-hetero) is 2. The number of hydrogen-bond donors (Lipinski definition) is 3. The zero-order chi connectivity index (χ0) is 18.0. The van der Waals surface area contributed by atoms with E-state index in [1.165, 1.54) is 6.92 Å². The smallest absolute Gasteiger partial charge is 0.189 e. The van der Waals surface area contributed by atoms with Crippen LogP contribution >= 0.6 is 0 Å². The van der Waals surface area contributed by atoms with Crippen LogP contribution in [0.2, 0.25) is 0 Å². The molecule has 0 radical (unpaired) electrons. The van der Waals surface area contributed by atoms with Crippen molar-refractivity contribution in [2.75, 3.05) is 26.4 Å².